The van der Waals surface area contributed by atoms with Crippen molar-refractivity contribution in [3.05, 3.63) is 16.1 Å². The highest BCUT2D eigenvalue weighted by Gasteiger charge is 2.31. The molecular weight excluding hydrogens is 272 g/mol. The van der Waals surface area contributed by atoms with Crippen molar-refractivity contribution in [1.82, 2.24) is 10.3 Å². The van der Waals surface area contributed by atoms with Gasteiger partial charge in [-0.1, -0.05) is 20.8 Å². The van der Waals surface area contributed by atoms with Gasteiger partial charge in [-0.15, -0.1) is 11.3 Å². The van der Waals surface area contributed by atoms with E-state index >= 15 is 0 Å². The maximum Gasteiger partial charge on any atom is 0.226 e. The molecule has 5 heteroatoms. The fraction of sp³-hybridized carbons (Fsp3) is 0.733. The van der Waals surface area contributed by atoms with Gasteiger partial charge in [0.2, 0.25) is 5.91 Å². The van der Waals surface area contributed by atoms with Crippen molar-refractivity contribution in [2.24, 2.45) is 5.92 Å². The number of thiazole rings is 1. The summed E-state index contributed by atoms with van der Waals surface area (Å²) >= 11 is 1.62. The molecule has 1 amide bonds. The van der Waals surface area contributed by atoms with Crippen molar-refractivity contribution in [2.75, 3.05) is 6.61 Å². The van der Waals surface area contributed by atoms with Crippen LogP contribution in [-0.4, -0.2) is 28.6 Å². The highest BCUT2D eigenvalue weighted by Crippen LogP contribution is 2.34. The molecule has 1 aromatic rings. The molecule has 1 aromatic heterocycles. The Morgan fingerprint density at radius 2 is 2.25 bits per heavy atom. The summed E-state index contributed by atoms with van der Waals surface area (Å²) in [5.74, 6) is 0.577. The van der Waals surface area contributed by atoms with E-state index in [0.29, 0.717) is 18.8 Å². The lowest BCUT2D eigenvalue weighted by molar-refractivity contribution is -0.121. The molecule has 0 aliphatic heterocycles. The Labute approximate surface area is 124 Å². The highest BCUT2D eigenvalue weighted by molar-refractivity contribution is 7.09. The summed E-state index contributed by atoms with van der Waals surface area (Å²) in [6.07, 6.45) is 3.31. The van der Waals surface area contributed by atoms with E-state index < -0.39 is 0 Å². The van der Waals surface area contributed by atoms with Crippen LogP contribution in [0.15, 0.2) is 5.38 Å². The Hall–Kier alpha value is -0.940. The van der Waals surface area contributed by atoms with E-state index in [0.717, 1.165) is 23.5 Å². The van der Waals surface area contributed by atoms with Gasteiger partial charge in [0.05, 0.1) is 17.1 Å². The van der Waals surface area contributed by atoms with E-state index in [1.807, 2.05) is 5.38 Å². The largest absolute Gasteiger partial charge is 0.396 e. The monoisotopic (exact) mass is 296 g/mol. The topological polar surface area (TPSA) is 62.2 Å². The first kappa shape index (κ1) is 15.4. The van der Waals surface area contributed by atoms with Crippen LogP contribution < -0.4 is 5.32 Å². The normalized spacial score (nSPS) is 17.0. The maximum atomic E-state index is 12.1. The number of amides is 1. The predicted molar refractivity (Wildman–Crippen MR) is 80.9 cm³/mol. The van der Waals surface area contributed by atoms with Crippen LogP contribution in [0.3, 0.4) is 0 Å². The number of aromatic nitrogens is 1. The van der Waals surface area contributed by atoms with Crippen LogP contribution in [0.25, 0.3) is 0 Å². The van der Waals surface area contributed by atoms with Gasteiger partial charge in [0, 0.05) is 23.4 Å². The second kappa shape index (κ2) is 6.22. The van der Waals surface area contributed by atoms with Crippen molar-refractivity contribution >= 4 is 17.2 Å². The summed E-state index contributed by atoms with van der Waals surface area (Å²) in [6.45, 7) is 6.51. The first-order chi connectivity index (χ1) is 9.40. The molecule has 112 valence electrons. The van der Waals surface area contributed by atoms with Crippen molar-refractivity contribution in [3.8, 4) is 0 Å². The molecule has 2 N–H and O–H groups in total. The smallest absolute Gasteiger partial charge is 0.226 e. The lowest BCUT2D eigenvalue weighted by Crippen LogP contribution is -2.38. The van der Waals surface area contributed by atoms with Crippen LogP contribution in [0.5, 0.6) is 0 Å². The summed E-state index contributed by atoms with van der Waals surface area (Å²) in [6, 6.07) is 0.133. The first-order valence-electron chi connectivity index (χ1n) is 7.25. The SMILES string of the molecule is CC(C)(C)c1nc(CC(=O)NC(CCO)C2CC2)cs1. The molecule has 1 saturated carbocycles. The molecule has 0 aromatic carbocycles. The molecule has 0 saturated heterocycles. The third-order valence-corrected chi connectivity index (χ3v) is 4.83. The molecule has 0 bridgehead atoms. The predicted octanol–water partition coefficient (Wildman–Crippen LogP) is 2.26. The average molecular weight is 296 g/mol. The second-order valence-corrected chi connectivity index (χ2v) is 7.45. The zero-order valence-electron chi connectivity index (χ0n) is 12.5. The Balaban J connectivity index is 1.89. The van der Waals surface area contributed by atoms with E-state index in [2.05, 4.69) is 31.1 Å². The van der Waals surface area contributed by atoms with E-state index in [4.69, 9.17) is 5.11 Å². The van der Waals surface area contributed by atoms with Gasteiger partial charge in [-0.05, 0) is 25.2 Å². The third-order valence-electron chi connectivity index (χ3n) is 3.51. The maximum absolute atomic E-state index is 12.1. The van der Waals surface area contributed by atoms with Gasteiger partial charge in [-0.3, -0.25) is 4.79 Å². The van der Waals surface area contributed by atoms with Gasteiger partial charge < -0.3 is 10.4 Å². The lowest BCUT2D eigenvalue weighted by Gasteiger charge is -2.16. The molecule has 1 heterocycles. The third kappa shape index (κ3) is 4.28. The minimum absolute atomic E-state index is 0.0149. The van der Waals surface area contributed by atoms with Crippen LogP contribution in [0.2, 0.25) is 0 Å². The van der Waals surface area contributed by atoms with Crippen molar-refractivity contribution in [3.63, 3.8) is 0 Å². The second-order valence-electron chi connectivity index (χ2n) is 6.59. The van der Waals surface area contributed by atoms with Gasteiger partial charge >= 0.3 is 0 Å². The molecule has 2 rings (SSSR count). The van der Waals surface area contributed by atoms with Gasteiger partial charge in [0.1, 0.15) is 0 Å². The molecular formula is C15H24N2O2S. The number of nitrogens with zero attached hydrogens (tertiary/aromatic N) is 1. The Bertz CT molecular complexity index is 461. The fourth-order valence-corrected chi connectivity index (χ4v) is 3.13. The molecule has 1 fully saturated rings. The molecule has 0 radical (unpaired) electrons. The fourth-order valence-electron chi connectivity index (χ4n) is 2.22. The quantitative estimate of drug-likeness (QED) is 0.846. The highest BCUT2D eigenvalue weighted by atomic mass is 32.1. The van der Waals surface area contributed by atoms with E-state index in [9.17, 15) is 4.79 Å². The molecule has 1 atom stereocenters. The summed E-state index contributed by atoms with van der Waals surface area (Å²) in [4.78, 5) is 16.6. The average Bonchev–Trinajstić information content (AvgIpc) is 3.08. The zero-order valence-corrected chi connectivity index (χ0v) is 13.3. The van der Waals surface area contributed by atoms with Crippen molar-refractivity contribution in [2.45, 2.75) is 57.9 Å². The van der Waals surface area contributed by atoms with E-state index in [1.54, 1.807) is 11.3 Å². The van der Waals surface area contributed by atoms with E-state index in [-0.39, 0.29) is 24.0 Å². The van der Waals surface area contributed by atoms with Gasteiger partial charge in [0.25, 0.3) is 0 Å². The summed E-state index contributed by atoms with van der Waals surface area (Å²) in [7, 11) is 0. The van der Waals surface area contributed by atoms with Gasteiger partial charge in [-0.2, -0.15) is 0 Å². The Morgan fingerprint density at radius 3 is 2.75 bits per heavy atom. The molecule has 1 aliphatic rings. The van der Waals surface area contributed by atoms with Crippen molar-refractivity contribution < 1.29 is 9.90 Å². The van der Waals surface area contributed by atoms with Crippen LogP contribution >= 0.6 is 11.3 Å². The van der Waals surface area contributed by atoms with Gasteiger partial charge in [-0.25, -0.2) is 4.98 Å². The number of aliphatic hydroxyl groups is 1. The molecule has 20 heavy (non-hydrogen) atoms. The summed E-state index contributed by atoms with van der Waals surface area (Å²) in [5, 5.41) is 15.1. The number of nitrogens with one attached hydrogen (secondary N) is 1. The summed E-state index contributed by atoms with van der Waals surface area (Å²) in [5.41, 5.74) is 0.878. The number of aliphatic hydroxyl groups excluding tert-OH is 1. The summed E-state index contributed by atoms with van der Waals surface area (Å²) < 4.78 is 0. The van der Waals surface area contributed by atoms with E-state index in [1.165, 1.54) is 0 Å². The minimum atomic E-state index is 0.0149. The minimum Gasteiger partial charge on any atom is -0.396 e. The van der Waals surface area contributed by atoms with Crippen molar-refractivity contribution in [1.29, 1.82) is 0 Å². The lowest BCUT2D eigenvalue weighted by atomic mass is 9.98. The Kier molecular flexibility index (Phi) is 4.81. The molecule has 0 spiro atoms. The number of hydrogen-bond donors (Lipinski definition) is 2. The Morgan fingerprint density at radius 1 is 1.55 bits per heavy atom. The molecule has 1 unspecified atom stereocenters. The van der Waals surface area contributed by atoms with Gasteiger partial charge in [0.15, 0.2) is 0 Å². The number of carbonyl (C=O) groups is 1. The number of hydrogen-bond acceptors (Lipinski definition) is 4. The number of carbonyl (C=O) groups excluding carboxylic acids is 1. The van der Waals surface area contributed by atoms with Crippen LogP contribution in [0, 0.1) is 5.92 Å². The van der Waals surface area contributed by atoms with Crippen LogP contribution in [0.4, 0.5) is 0 Å². The molecule has 1 aliphatic carbocycles. The first-order valence-corrected chi connectivity index (χ1v) is 8.13. The number of rotatable bonds is 6. The van der Waals surface area contributed by atoms with Crippen LogP contribution in [0.1, 0.15) is 50.7 Å². The van der Waals surface area contributed by atoms with Crippen LogP contribution in [-0.2, 0) is 16.6 Å². The molecule has 4 nitrogen and oxygen atoms in total. The zero-order chi connectivity index (χ0) is 14.8. The standard InChI is InChI=1S/C15H24N2O2S/c1-15(2,3)14-16-11(9-20-14)8-13(19)17-12(6-7-18)10-4-5-10/h9-10,12,18H,4-8H2,1-3H3,(H,17,19).